The van der Waals surface area contributed by atoms with E-state index in [0.29, 0.717) is 24.1 Å². The molecule has 92 valence electrons. The van der Waals surface area contributed by atoms with Gasteiger partial charge in [0.1, 0.15) is 6.04 Å². The third-order valence-corrected chi connectivity index (χ3v) is 2.35. The van der Waals surface area contributed by atoms with Crippen LogP contribution in [0.1, 0.15) is 30.1 Å². The van der Waals surface area contributed by atoms with Crippen molar-refractivity contribution < 1.29 is 14.7 Å². The molecule has 0 fully saturated rings. The highest BCUT2D eigenvalue weighted by molar-refractivity contribution is 5.96. The van der Waals surface area contributed by atoms with E-state index in [1.807, 2.05) is 6.92 Å². The SMILES string of the molecule is CCC[C@H](NC(=O)c1ccc(N)cc1)C(=O)O. The first-order chi connectivity index (χ1) is 8.04. The molecule has 0 bridgehead atoms. The maximum absolute atomic E-state index is 11.7. The normalized spacial score (nSPS) is 11.8. The predicted octanol–water partition coefficient (Wildman–Crippen LogP) is 1.25. The van der Waals surface area contributed by atoms with Crippen LogP contribution in [0.4, 0.5) is 5.69 Å². The maximum Gasteiger partial charge on any atom is 0.326 e. The van der Waals surface area contributed by atoms with Gasteiger partial charge in [-0.1, -0.05) is 13.3 Å². The van der Waals surface area contributed by atoms with Gasteiger partial charge in [0.15, 0.2) is 0 Å². The summed E-state index contributed by atoms with van der Waals surface area (Å²) in [5.41, 5.74) is 6.46. The van der Waals surface area contributed by atoms with Crippen molar-refractivity contribution in [1.82, 2.24) is 5.32 Å². The first-order valence-corrected chi connectivity index (χ1v) is 5.43. The highest BCUT2D eigenvalue weighted by Gasteiger charge is 2.19. The van der Waals surface area contributed by atoms with Crippen LogP contribution in [0.2, 0.25) is 0 Å². The molecular weight excluding hydrogens is 220 g/mol. The average molecular weight is 236 g/mol. The van der Waals surface area contributed by atoms with E-state index >= 15 is 0 Å². The third kappa shape index (κ3) is 3.79. The summed E-state index contributed by atoms with van der Waals surface area (Å²) in [6.45, 7) is 1.87. The summed E-state index contributed by atoms with van der Waals surface area (Å²) in [7, 11) is 0. The minimum absolute atomic E-state index is 0.397. The molecule has 17 heavy (non-hydrogen) atoms. The van der Waals surface area contributed by atoms with Gasteiger partial charge in [-0.2, -0.15) is 0 Å². The lowest BCUT2D eigenvalue weighted by molar-refractivity contribution is -0.139. The predicted molar refractivity (Wildman–Crippen MR) is 64.7 cm³/mol. The standard InChI is InChI=1S/C12H16N2O3/c1-2-3-10(12(16)17)14-11(15)8-4-6-9(13)7-5-8/h4-7,10H,2-3,13H2,1H3,(H,14,15)(H,16,17)/t10-/m0/s1. The van der Waals surface area contributed by atoms with E-state index in [4.69, 9.17) is 10.8 Å². The van der Waals surface area contributed by atoms with Crippen molar-refractivity contribution in [2.45, 2.75) is 25.8 Å². The fourth-order valence-electron chi connectivity index (χ4n) is 1.42. The van der Waals surface area contributed by atoms with Gasteiger partial charge in [0.25, 0.3) is 5.91 Å². The third-order valence-electron chi connectivity index (χ3n) is 2.35. The Labute approximate surface area is 99.6 Å². The number of carbonyl (C=O) groups excluding carboxylic acids is 1. The summed E-state index contributed by atoms with van der Waals surface area (Å²) in [5.74, 6) is -1.42. The molecule has 1 aromatic rings. The van der Waals surface area contributed by atoms with E-state index < -0.39 is 17.9 Å². The topological polar surface area (TPSA) is 92.4 Å². The maximum atomic E-state index is 11.7. The summed E-state index contributed by atoms with van der Waals surface area (Å²) >= 11 is 0. The van der Waals surface area contributed by atoms with Gasteiger partial charge in [-0.05, 0) is 30.7 Å². The molecule has 0 unspecified atom stereocenters. The molecule has 0 heterocycles. The molecule has 0 spiro atoms. The molecule has 0 aliphatic rings. The Hall–Kier alpha value is -2.04. The zero-order valence-electron chi connectivity index (χ0n) is 9.64. The fraction of sp³-hybridized carbons (Fsp3) is 0.333. The number of rotatable bonds is 5. The van der Waals surface area contributed by atoms with Crippen LogP contribution in [0.15, 0.2) is 24.3 Å². The number of aliphatic carboxylic acids is 1. The molecule has 4 N–H and O–H groups in total. The number of nitrogens with two attached hydrogens (primary N) is 1. The van der Waals surface area contributed by atoms with Crippen molar-refractivity contribution in [1.29, 1.82) is 0 Å². The van der Waals surface area contributed by atoms with Gasteiger partial charge in [0.2, 0.25) is 0 Å². The number of hydrogen-bond donors (Lipinski definition) is 3. The molecule has 5 nitrogen and oxygen atoms in total. The minimum atomic E-state index is -1.02. The first-order valence-electron chi connectivity index (χ1n) is 5.43. The van der Waals surface area contributed by atoms with Gasteiger partial charge in [-0.3, -0.25) is 4.79 Å². The second kappa shape index (κ2) is 5.89. The Bertz CT molecular complexity index is 401. The van der Waals surface area contributed by atoms with Crippen LogP contribution in [0, 0.1) is 0 Å². The monoisotopic (exact) mass is 236 g/mol. The van der Waals surface area contributed by atoms with E-state index in [-0.39, 0.29) is 0 Å². The molecule has 0 saturated heterocycles. The van der Waals surface area contributed by atoms with Gasteiger partial charge in [0, 0.05) is 11.3 Å². The van der Waals surface area contributed by atoms with Crippen molar-refractivity contribution in [2.24, 2.45) is 0 Å². The molecule has 1 atom stereocenters. The Morgan fingerprint density at radius 2 is 1.94 bits per heavy atom. The number of nitrogen functional groups attached to an aromatic ring is 1. The number of carboxylic acids is 1. The second-order valence-electron chi connectivity index (χ2n) is 3.77. The lowest BCUT2D eigenvalue weighted by Gasteiger charge is -2.13. The van der Waals surface area contributed by atoms with E-state index in [2.05, 4.69) is 5.32 Å². The van der Waals surface area contributed by atoms with Crippen LogP contribution < -0.4 is 11.1 Å². The smallest absolute Gasteiger partial charge is 0.326 e. The fourth-order valence-corrected chi connectivity index (χ4v) is 1.42. The zero-order valence-corrected chi connectivity index (χ0v) is 9.64. The summed E-state index contributed by atoms with van der Waals surface area (Å²) in [6.07, 6.45) is 1.11. The summed E-state index contributed by atoms with van der Waals surface area (Å²) in [6, 6.07) is 5.49. The number of hydrogen-bond acceptors (Lipinski definition) is 3. The Kier molecular flexibility index (Phi) is 4.51. The lowest BCUT2D eigenvalue weighted by atomic mass is 10.1. The van der Waals surface area contributed by atoms with Crippen LogP contribution in [0.25, 0.3) is 0 Å². The summed E-state index contributed by atoms with van der Waals surface area (Å²) in [4.78, 5) is 22.6. The van der Waals surface area contributed by atoms with E-state index in [0.717, 1.165) is 0 Å². The Balaban J connectivity index is 2.70. The van der Waals surface area contributed by atoms with Crippen LogP contribution in [0.3, 0.4) is 0 Å². The largest absolute Gasteiger partial charge is 0.480 e. The average Bonchev–Trinajstić information content (AvgIpc) is 2.29. The zero-order chi connectivity index (χ0) is 12.8. The van der Waals surface area contributed by atoms with Crippen molar-refractivity contribution in [3.05, 3.63) is 29.8 Å². The molecule has 0 aromatic heterocycles. The van der Waals surface area contributed by atoms with Gasteiger partial charge >= 0.3 is 5.97 Å². The van der Waals surface area contributed by atoms with Crippen LogP contribution in [0.5, 0.6) is 0 Å². The van der Waals surface area contributed by atoms with Gasteiger partial charge in [-0.25, -0.2) is 4.79 Å². The number of carbonyl (C=O) groups is 2. The van der Waals surface area contributed by atoms with E-state index in [1.54, 1.807) is 24.3 Å². The van der Waals surface area contributed by atoms with Crippen molar-refractivity contribution in [3.63, 3.8) is 0 Å². The molecule has 1 rings (SSSR count). The number of anilines is 1. The molecular formula is C12H16N2O3. The number of amides is 1. The number of carboxylic acid groups (broad SMARTS) is 1. The van der Waals surface area contributed by atoms with Crippen LogP contribution in [-0.4, -0.2) is 23.0 Å². The van der Waals surface area contributed by atoms with Gasteiger partial charge in [0.05, 0.1) is 0 Å². The van der Waals surface area contributed by atoms with Crippen LogP contribution in [-0.2, 0) is 4.79 Å². The summed E-state index contributed by atoms with van der Waals surface area (Å²) < 4.78 is 0. The molecule has 0 aliphatic heterocycles. The molecule has 0 radical (unpaired) electrons. The second-order valence-corrected chi connectivity index (χ2v) is 3.77. The van der Waals surface area contributed by atoms with Gasteiger partial charge in [-0.15, -0.1) is 0 Å². The summed E-state index contributed by atoms with van der Waals surface area (Å²) in [5, 5.41) is 11.4. The Morgan fingerprint density at radius 3 is 2.41 bits per heavy atom. The minimum Gasteiger partial charge on any atom is -0.480 e. The molecule has 0 aliphatic carbocycles. The molecule has 5 heteroatoms. The van der Waals surface area contributed by atoms with E-state index in [1.165, 1.54) is 0 Å². The van der Waals surface area contributed by atoms with Crippen molar-refractivity contribution in [3.8, 4) is 0 Å². The first kappa shape index (κ1) is 13.0. The molecule has 1 aromatic carbocycles. The lowest BCUT2D eigenvalue weighted by Crippen LogP contribution is -2.40. The van der Waals surface area contributed by atoms with Crippen molar-refractivity contribution >= 4 is 17.6 Å². The van der Waals surface area contributed by atoms with Gasteiger partial charge < -0.3 is 16.2 Å². The van der Waals surface area contributed by atoms with Crippen molar-refractivity contribution in [2.75, 3.05) is 5.73 Å². The Morgan fingerprint density at radius 1 is 1.35 bits per heavy atom. The van der Waals surface area contributed by atoms with E-state index in [9.17, 15) is 9.59 Å². The number of nitrogens with one attached hydrogen (secondary N) is 1. The number of benzene rings is 1. The highest BCUT2D eigenvalue weighted by Crippen LogP contribution is 2.06. The molecule has 0 saturated carbocycles. The van der Waals surface area contributed by atoms with Crippen LogP contribution >= 0.6 is 0 Å². The molecule has 1 amide bonds. The highest BCUT2D eigenvalue weighted by atomic mass is 16.4. The quantitative estimate of drug-likeness (QED) is 0.671.